The minimum atomic E-state index is -0.791. The monoisotopic (exact) mass is 234 g/mol. The number of rotatable bonds is 3. The highest BCUT2D eigenvalue weighted by molar-refractivity contribution is 5.86. The first kappa shape index (κ1) is 11.5. The molecule has 0 N–H and O–H groups in total. The highest BCUT2D eigenvalue weighted by Gasteiger charge is 2.32. The van der Waals surface area contributed by atoms with Crippen molar-refractivity contribution in [3.8, 4) is 0 Å². The highest BCUT2D eigenvalue weighted by atomic mass is 16.7. The molecule has 0 saturated carbocycles. The Balaban J connectivity index is 1.87. The van der Waals surface area contributed by atoms with Gasteiger partial charge in [0.25, 0.3) is 0 Å². The summed E-state index contributed by atoms with van der Waals surface area (Å²) in [5, 5.41) is 0. The van der Waals surface area contributed by atoms with E-state index in [2.05, 4.69) is 0 Å². The standard InChI is InChI=1S/C13H14O4/c1-13(2)16-9-11(17-13)12(14)15-8-10-6-4-3-5-7-10/h3-7,9H,8H2,1-2H3. The summed E-state index contributed by atoms with van der Waals surface area (Å²) >= 11 is 0. The first-order valence-electron chi connectivity index (χ1n) is 5.35. The summed E-state index contributed by atoms with van der Waals surface area (Å²) in [7, 11) is 0. The molecule has 0 bridgehead atoms. The molecule has 4 nitrogen and oxygen atoms in total. The number of hydrogen-bond acceptors (Lipinski definition) is 4. The van der Waals surface area contributed by atoms with Gasteiger partial charge in [-0.3, -0.25) is 0 Å². The third kappa shape index (κ3) is 3.00. The van der Waals surface area contributed by atoms with Crippen LogP contribution in [0.15, 0.2) is 42.4 Å². The molecule has 1 aliphatic heterocycles. The molecule has 2 rings (SSSR count). The third-order valence-electron chi connectivity index (χ3n) is 2.22. The second kappa shape index (κ2) is 4.49. The molecule has 0 amide bonds. The van der Waals surface area contributed by atoms with E-state index < -0.39 is 11.8 Å². The zero-order valence-electron chi connectivity index (χ0n) is 9.80. The number of carbonyl (C=O) groups is 1. The van der Waals surface area contributed by atoms with Crippen LogP contribution < -0.4 is 0 Å². The lowest BCUT2D eigenvalue weighted by molar-refractivity contribution is -0.155. The molecule has 4 heteroatoms. The lowest BCUT2D eigenvalue weighted by Gasteiger charge is -2.17. The summed E-state index contributed by atoms with van der Waals surface area (Å²) in [6, 6.07) is 9.46. The summed E-state index contributed by atoms with van der Waals surface area (Å²) in [6.45, 7) is 3.67. The van der Waals surface area contributed by atoms with Crippen molar-refractivity contribution in [3.05, 3.63) is 47.9 Å². The van der Waals surface area contributed by atoms with Gasteiger partial charge in [-0.1, -0.05) is 30.3 Å². The van der Waals surface area contributed by atoms with Crippen LogP contribution >= 0.6 is 0 Å². The first-order valence-corrected chi connectivity index (χ1v) is 5.35. The molecule has 0 atom stereocenters. The summed E-state index contributed by atoms with van der Waals surface area (Å²) in [5.74, 6) is -1.20. The molecule has 0 unspecified atom stereocenters. The van der Waals surface area contributed by atoms with E-state index in [-0.39, 0.29) is 12.4 Å². The van der Waals surface area contributed by atoms with Gasteiger partial charge in [0.05, 0.1) is 0 Å². The molecule has 0 aromatic heterocycles. The van der Waals surface area contributed by atoms with E-state index in [0.29, 0.717) is 0 Å². The predicted molar refractivity (Wildman–Crippen MR) is 60.6 cm³/mol. The molecule has 1 aromatic rings. The minimum absolute atomic E-state index is 0.103. The van der Waals surface area contributed by atoms with Gasteiger partial charge in [0.2, 0.25) is 11.5 Å². The van der Waals surface area contributed by atoms with Crippen LogP contribution in [0, 0.1) is 0 Å². The molecule has 1 aliphatic rings. The Morgan fingerprint density at radius 3 is 2.59 bits per heavy atom. The topological polar surface area (TPSA) is 44.8 Å². The van der Waals surface area contributed by atoms with Crippen LogP contribution in [0.1, 0.15) is 19.4 Å². The molecule has 1 heterocycles. The van der Waals surface area contributed by atoms with Gasteiger partial charge in [-0.05, 0) is 5.56 Å². The molecule has 0 saturated heterocycles. The fourth-order valence-electron chi connectivity index (χ4n) is 1.39. The van der Waals surface area contributed by atoms with E-state index in [4.69, 9.17) is 14.2 Å². The Kier molecular flexibility index (Phi) is 3.04. The maximum Gasteiger partial charge on any atom is 0.377 e. The zero-order valence-corrected chi connectivity index (χ0v) is 9.80. The third-order valence-corrected chi connectivity index (χ3v) is 2.22. The van der Waals surface area contributed by atoms with Gasteiger partial charge in [0, 0.05) is 13.8 Å². The molecular formula is C13H14O4. The molecular weight excluding hydrogens is 220 g/mol. The molecule has 0 fully saturated rings. The Bertz CT molecular complexity index is 434. The smallest absolute Gasteiger partial charge is 0.377 e. The van der Waals surface area contributed by atoms with E-state index in [9.17, 15) is 4.79 Å². The Morgan fingerprint density at radius 1 is 1.29 bits per heavy atom. The van der Waals surface area contributed by atoms with Gasteiger partial charge in [-0.2, -0.15) is 0 Å². The van der Waals surface area contributed by atoms with Gasteiger partial charge < -0.3 is 14.2 Å². The fourth-order valence-corrected chi connectivity index (χ4v) is 1.39. The summed E-state index contributed by atoms with van der Waals surface area (Å²) in [4.78, 5) is 11.6. The van der Waals surface area contributed by atoms with Gasteiger partial charge in [-0.25, -0.2) is 4.79 Å². The lowest BCUT2D eigenvalue weighted by Crippen LogP contribution is -2.22. The average molecular weight is 234 g/mol. The summed E-state index contributed by atoms with van der Waals surface area (Å²) in [5.41, 5.74) is 0.930. The van der Waals surface area contributed by atoms with Crippen LogP contribution in [-0.2, 0) is 25.6 Å². The SMILES string of the molecule is CC1(C)OC=C(C(=O)OCc2ccccc2)O1. The van der Waals surface area contributed by atoms with Crippen molar-refractivity contribution in [3.63, 3.8) is 0 Å². The molecule has 0 spiro atoms. The normalized spacial score (nSPS) is 16.7. The Morgan fingerprint density at radius 2 is 2.00 bits per heavy atom. The van der Waals surface area contributed by atoms with Crippen molar-refractivity contribution >= 4 is 5.97 Å². The number of hydrogen-bond donors (Lipinski definition) is 0. The van der Waals surface area contributed by atoms with Gasteiger partial charge in [-0.15, -0.1) is 0 Å². The second-order valence-corrected chi connectivity index (χ2v) is 4.16. The van der Waals surface area contributed by atoms with Gasteiger partial charge in [0.15, 0.2) is 0 Å². The van der Waals surface area contributed by atoms with Crippen molar-refractivity contribution < 1.29 is 19.0 Å². The van der Waals surface area contributed by atoms with Crippen LogP contribution in [0.2, 0.25) is 0 Å². The van der Waals surface area contributed by atoms with Crippen molar-refractivity contribution in [2.45, 2.75) is 26.2 Å². The quantitative estimate of drug-likeness (QED) is 0.753. The molecule has 90 valence electrons. The summed E-state index contributed by atoms with van der Waals surface area (Å²) < 4.78 is 15.5. The number of benzene rings is 1. The largest absolute Gasteiger partial charge is 0.456 e. The Labute approximate surface area is 99.8 Å². The molecule has 0 radical (unpaired) electrons. The lowest BCUT2D eigenvalue weighted by atomic mass is 10.2. The van der Waals surface area contributed by atoms with Crippen molar-refractivity contribution in [1.82, 2.24) is 0 Å². The Hall–Kier alpha value is -1.97. The van der Waals surface area contributed by atoms with Crippen LogP contribution in [0.25, 0.3) is 0 Å². The van der Waals surface area contributed by atoms with Crippen LogP contribution in [0.3, 0.4) is 0 Å². The van der Waals surface area contributed by atoms with E-state index >= 15 is 0 Å². The van der Waals surface area contributed by atoms with E-state index in [0.717, 1.165) is 5.56 Å². The maximum atomic E-state index is 11.6. The van der Waals surface area contributed by atoms with Crippen molar-refractivity contribution in [2.24, 2.45) is 0 Å². The number of carbonyl (C=O) groups excluding carboxylic acids is 1. The first-order chi connectivity index (χ1) is 8.07. The zero-order chi connectivity index (χ0) is 12.3. The van der Waals surface area contributed by atoms with Crippen LogP contribution in [-0.4, -0.2) is 11.8 Å². The van der Waals surface area contributed by atoms with E-state index in [1.54, 1.807) is 13.8 Å². The number of ether oxygens (including phenoxy) is 3. The van der Waals surface area contributed by atoms with E-state index in [1.807, 2.05) is 30.3 Å². The molecule has 17 heavy (non-hydrogen) atoms. The molecule has 1 aromatic carbocycles. The summed E-state index contributed by atoms with van der Waals surface area (Å²) in [6.07, 6.45) is 1.29. The number of esters is 1. The van der Waals surface area contributed by atoms with Crippen LogP contribution in [0.4, 0.5) is 0 Å². The van der Waals surface area contributed by atoms with Gasteiger partial charge in [0.1, 0.15) is 12.9 Å². The maximum absolute atomic E-state index is 11.6. The average Bonchev–Trinajstić information content (AvgIpc) is 2.68. The van der Waals surface area contributed by atoms with Crippen molar-refractivity contribution in [1.29, 1.82) is 0 Å². The highest BCUT2D eigenvalue weighted by Crippen LogP contribution is 2.25. The predicted octanol–water partition coefficient (Wildman–Crippen LogP) is 2.35. The van der Waals surface area contributed by atoms with E-state index in [1.165, 1.54) is 6.26 Å². The molecule has 0 aliphatic carbocycles. The fraction of sp³-hybridized carbons (Fsp3) is 0.308. The van der Waals surface area contributed by atoms with Crippen LogP contribution in [0.5, 0.6) is 0 Å². The van der Waals surface area contributed by atoms with Gasteiger partial charge >= 0.3 is 5.97 Å². The second-order valence-electron chi connectivity index (χ2n) is 4.16. The van der Waals surface area contributed by atoms with Crippen molar-refractivity contribution in [2.75, 3.05) is 0 Å². The minimum Gasteiger partial charge on any atom is -0.456 e.